The van der Waals surface area contributed by atoms with Gasteiger partial charge in [0.2, 0.25) is 0 Å². The molecule has 0 aliphatic heterocycles. The number of ether oxygens (including phenoxy) is 1. The van der Waals surface area contributed by atoms with Crippen LogP contribution in [0.4, 0.5) is 18.3 Å². The molecule has 0 radical (unpaired) electrons. The van der Waals surface area contributed by atoms with Crippen LogP contribution in [-0.2, 0) is 16.0 Å². The number of nitrogens with zero attached hydrogens (tertiary/aromatic N) is 1. The molecule has 0 aliphatic rings. The van der Waals surface area contributed by atoms with Crippen molar-refractivity contribution >= 4 is 38.3 Å². The molecule has 1 amide bonds. The van der Waals surface area contributed by atoms with Gasteiger partial charge in [-0.25, -0.2) is 4.98 Å². The number of aromatic nitrogens is 1. The molecule has 0 saturated heterocycles. The Balaban J connectivity index is 1.88. The predicted octanol–water partition coefficient (Wildman–Crippen LogP) is 4.40. The second kappa shape index (κ2) is 8.09. The Morgan fingerprint density at radius 2 is 2.04 bits per heavy atom. The van der Waals surface area contributed by atoms with E-state index < -0.39 is 24.8 Å². The zero-order valence-electron chi connectivity index (χ0n) is 12.6. The Bertz CT molecular complexity index is 689. The van der Waals surface area contributed by atoms with Crippen LogP contribution in [0.3, 0.4) is 0 Å². The summed E-state index contributed by atoms with van der Waals surface area (Å²) in [6.07, 6.45) is -3.40. The van der Waals surface area contributed by atoms with E-state index in [1.807, 2.05) is 24.3 Å². The van der Waals surface area contributed by atoms with E-state index in [4.69, 9.17) is 0 Å². The highest BCUT2D eigenvalue weighted by Gasteiger charge is 2.30. The predicted molar refractivity (Wildman–Crippen MR) is 89.2 cm³/mol. The normalized spacial score (nSPS) is 12.9. The SMILES string of the molecule is CC(OCC(F)(F)F)C(=O)Nc1ncc(Cc2ccc(Br)cc2)s1. The van der Waals surface area contributed by atoms with E-state index in [0.29, 0.717) is 11.6 Å². The number of anilines is 1. The summed E-state index contributed by atoms with van der Waals surface area (Å²) in [7, 11) is 0. The maximum absolute atomic E-state index is 12.1. The summed E-state index contributed by atoms with van der Waals surface area (Å²) < 4.78 is 41.7. The highest BCUT2D eigenvalue weighted by molar-refractivity contribution is 9.10. The van der Waals surface area contributed by atoms with Gasteiger partial charge in [0.1, 0.15) is 12.7 Å². The lowest BCUT2D eigenvalue weighted by atomic mass is 10.1. The van der Waals surface area contributed by atoms with Crippen molar-refractivity contribution < 1.29 is 22.7 Å². The van der Waals surface area contributed by atoms with Gasteiger partial charge in [-0.3, -0.25) is 10.1 Å². The van der Waals surface area contributed by atoms with Gasteiger partial charge < -0.3 is 4.74 Å². The van der Waals surface area contributed by atoms with Crippen LogP contribution in [0.1, 0.15) is 17.4 Å². The van der Waals surface area contributed by atoms with Crippen molar-refractivity contribution in [2.75, 3.05) is 11.9 Å². The minimum absolute atomic E-state index is 0.328. The summed E-state index contributed by atoms with van der Waals surface area (Å²) in [5.74, 6) is -0.663. The average molecular weight is 423 g/mol. The van der Waals surface area contributed by atoms with Gasteiger partial charge in [0.25, 0.3) is 5.91 Å². The summed E-state index contributed by atoms with van der Waals surface area (Å²) in [4.78, 5) is 16.8. The number of halogens is 4. The van der Waals surface area contributed by atoms with Gasteiger partial charge in [-0.15, -0.1) is 11.3 Å². The fourth-order valence-corrected chi connectivity index (χ4v) is 2.87. The Morgan fingerprint density at radius 3 is 2.67 bits per heavy atom. The van der Waals surface area contributed by atoms with Crippen LogP contribution in [0, 0.1) is 0 Å². The van der Waals surface area contributed by atoms with Crippen LogP contribution in [0.15, 0.2) is 34.9 Å². The first kappa shape index (κ1) is 18.9. The fourth-order valence-electron chi connectivity index (χ4n) is 1.75. The monoisotopic (exact) mass is 422 g/mol. The largest absolute Gasteiger partial charge is 0.411 e. The van der Waals surface area contributed by atoms with Gasteiger partial charge in [-0.1, -0.05) is 28.1 Å². The second-order valence-corrected chi connectivity index (χ2v) is 7.02. The third-order valence-corrected chi connectivity index (χ3v) is 4.38. The lowest BCUT2D eigenvalue weighted by Crippen LogP contribution is -2.31. The number of amides is 1. The van der Waals surface area contributed by atoms with Crippen LogP contribution in [0.2, 0.25) is 0 Å². The Kier molecular flexibility index (Phi) is 6.36. The minimum Gasteiger partial charge on any atom is -0.359 e. The van der Waals surface area contributed by atoms with Crippen molar-refractivity contribution in [1.82, 2.24) is 4.98 Å². The third kappa shape index (κ3) is 6.21. The third-order valence-electron chi connectivity index (χ3n) is 2.94. The topological polar surface area (TPSA) is 51.2 Å². The molecule has 1 heterocycles. The molecule has 1 aromatic heterocycles. The zero-order chi connectivity index (χ0) is 17.7. The van der Waals surface area contributed by atoms with Crippen molar-refractivity contribution in [2.45, 2.75) is 25.6 Å². The Morgan fingerprint density at radius 1 is 1.38 bits per heavy atom. The fraction of sp³-hybridized carbons (Fsp3) is 0.333. The summed E-state index contributed by atoms with van der Waals surface area (Å²) in [6, 6.07) is 7.79. The first-order valence-corrected chi connectivity index (χ1v) is 8.52. The molecule has 0 saturated carbocycles. The first-order valence-electron chi connectivity index (χ1n) is 6.91. The highest BCUT2D eigenvalue weighted by atomic mass is 79.9. The molecule has 130 valence electrons. The highest BCUT2D eigenvalue weighted by Crippen LogP contribution is 2.22. The summed E-state index contributed by atoms with van der Waals surface area (Å²) in [5, 5.41) is 2.79. The molecular formula is C15H14BrF3N2O2S. The van der Waals surface area contributed by atoms with E-state index in [-0.39, 0.29) is 0 Å². The van der Waals surface area contributed by atoms with E-state index in [2.05, 4.69) is 31.0 Å². The number of hydrogen-bond acceptors (Lipinski definition) is 4. The smallest absolute Gasteiger partial charge is 0.359 e. The summed E-state index contributed by atoms with van der Waals surface area (Å²) in [6.45, 7) is -0.203. The molecule has 2 rings (SSSR count). The molecule has 1 atom stereocenters. The maximum atomic E-state index is 12.1. The quantitative estimate of drug-likeness (QED) is 0.750. The maximum Gasteiger partial charge on any atom is 0.411 e. The van der Waals surface area contributed by atoms with Gasteiger partial charge >= 0.3 is 6.18 Å². The van der Waals surface area contributed by atoms with Crippen molar-refractivity contribution in [3.8, 4) is 0 Å². The molecule has 1 aromatic carbocycles. The van der Waals surface area contributed by atoms with Crippen LogP contribution >= 0.6 is 27.3 Å². The van der Waals surface area contributed by atoms with Gasteiger partial charge in [-0.2, -0.15) is 13.2 Å². The number of alkyl halides is 3. The standard InChI is InChI=1S/C15H14BrF3N2O2S/c1-9(23-8-15(17,18)19)13(22)21-14-20-7-12(24-14)6-10-2-4-11(16)5-3-10/h2-5,7,9H,6,8H2,1H3,(H,20,21,22). The molecule has 0 bridgehead atoms. The van der Waals surface area contributed by atoms with Crippen molar-refractivity contribution in [1.29, 1.82) is 0 Å². The second-order valence-electron chi connectivity index (χ2n) is 4.99. The number of benzene rings is 1. The lowest BCUT2D eigenvalue weighted by Gasteiger charge is -2.13. The van der Waals surface area contributed by atoms with E-state index in [0.717, 1.165) is 14.9 Å². The lowest BCUT2D eigenvalue weighted by molar-refractivity contribution is -0.184. The van der Waals surface area contributed by atoms with E-state index in [9.17, 15) is 18.0 Å². The van der Waals surface area contributed by atoms with Gasteiger partial charge in [-0.05, 0) is 24.6 Å². The Labute approximate surface area is 149 Å². The van der Waals surface area contributed by atoms with Gasteiger partial charge in [0, 0.05) is 22.0 Å². The number of rotatable bonds is 6. The molecule has 4 nitrogen and oxygen atoms in total. The Hall–Kier alpha value is -1.45. The minimum atomic E-state index is -4.46. The van der Waals surface area contributed by atoms with E-state index in [1.165, 1.54) is 18.3 Å². The summed E-state index contributed by atoms with van der Waals surface area (Å²) >= 11 is 4.63. The molecule has 0 aliphatic carbocycles. The van der Waals surface area contributed by atoms with Gasteiger partial charge in [0.05, 0.1) is 0 Å². The molecule has 1 unspecified atom stereocenters. The first-order chi connectivity index (χ1) is 11.2. The molecule has 1 N–H and O–H groups in total. The number of hydrogen-bond donors (Lipinski definition) is 1. The molecule has 2 aromatic rings. The number of carbonyl (C=O) groups is 1. The molecule has 0 fully saturated rings. The van der Waals surface area contributed by atoms with Crippen LogP contribution in [0.25, 0.3) is 0 Å². The average Bonchev–Trinajstić information content (AvgIpc) is 2.93. The molecule has 24 heavy (non-hydrogen) atoms. The zero-order valence-corrected chi connectivity index (χ0v) is 15.0. The number of carbonyl (C=O) groups excluding carboxylic acids is 1. The van der Waals surface area contributed by atoms with Crippen LogP contribution < -0.4 is 5.32 Å². The number of nitrogens with one attached hydrogen (secondary N) is 1. The summed E-state index contributed by atoms with van der Waals surface area (Å²) in [5.41, 5.74) is 1.08. The van der Waals surface area contributed by atoms with E-state index >= 15 is 0 Å². The van der Waals surface area contributed by atoms with Crippen LogP contribution in [0.5, 0.6) is 0 Å². The van der Waals surface area contributed by atoms with Gasteiger partial charge in [0.15, 0.2) is 5.13 Å². The van der Waals surface area contributed by atoms with E-state index in [1.54, 1.807) is 6.20 Å². The number of thiazole rings is 1. The molecule has 9 heteroatoms. The van der Waals surface area contributed by atoms with Crippen LogP contribution in [-0.4, -0.2) is 29.8 Å². The van der Waals surface area contributed by atoms with Crippen molar-refractivity contribution in [2.24, 2.45) is 0 Å². The molecular weight excluding hydrogens is 409 g/mol. The van der Waals surface area contributed by atoms with Crippen molar-refractivity contribution in [3.63, 3.8) is 0 Å². The van der Waals surface area contributed by atoms with Crippen molar-refractivity contribution in [3.05, 3.63) is 45.4 Å². The molecule has 0 spiro atoms.